The number of amides is 1. The Hall–Kier alpha value is -3.07. The standard InChI is InChI=1S/C19H15NO2/c21-18-9-5-4-8-17(18)20-19(22)16-12-10-15(11-13-16)14-6-2-1-3-7-14/h1-13,21H,(H,20,22). The lowest BCUT2D eigenvalue weighted by Gasteiger charge is -2.08. The van der Waals surface area contributed by atoms with E-state index in [9.17, 15) is 9.90 Å². The van der Waals surface area contributed by atoms with E-state index in [0.717, 1.165) is 11.1 Å². The minimum atomic E-state index is -0.249. The highest BCUT2D eigenvalue weighted by atomic mass is 16.3. The molecule has 3 aromatic rings. The molecule has 0 saturated heterocycles. The fraction of sp³-hybridized carbons (Fsp3) is 0. The number of hydrogen-bond donors (Lipinski definition) is 2. The first-order chi connectivity index (χ1) is 10.7. The smallest absolute Gasteiger partial charge is 0.255 e. The molecule has 0 unspecified atom stereocenters. The summed E-state index contributed by atoms with van der Waals surface area (Å²) in [5, 5.41) is 12.4. The van der Waals surface area contributed by atoms with Gasteiger partial charge in [0.15, 0.2) is 0 Å². The highest BCUT2D eigenvalue weighted by molar-refractivity contribution is 6.05. The van der Waals surface area contributed by atoms with Gasteiger partial charge in [0.1, 0.15) is 5.75 Å². The van der Waals surface area contributed by atoms with Gasteiger partial charge in [-0.2, -0.15) is 0 Å². The SMILES string of the molecule is O=C(Nc1ccccc1O)c1ccc(-c2ccccc2)cc1. The molecule has 108 valence electrons. The molecule has 3 nitrogen and oxygen atoms in total. The molecule has 0 heterocycles. The van der Waals surface area contributed by atoms with Crippen LogP contribution in [0.4, 0.5) is 5.69 Å². The second-order valence-corrected chi connectivity index (χ2v) is 4.91. The van der Waals surface area contributed by atoms with E-state index in [2.05, 4.69) is 5.32 Å². The summed E-state index contributed by atoms with van der Waals surface area (Å²) in [6, 6.07) is 24.0. The number of phenolic OH excluding ortho intramolecular Hbond substituents is 1. The minimum absolute atomic E-state index is 0.0526. The maximum absolute atomic E-state index is 12.2. The molecule has 3 aromatic carbocycles. The number of para-hydroxylation sites is 2. The summed E-state index contributed by atoms with van der Waals surface area (Å²) in [7, 11) is 0. The molecule has 0 aliphatic rings. The van der Waals surface area contributed by atoms with Crippen molar-refractivity contribution >= 4 is 11.6 Å². The second kappa shape index (κ2) is 6.14. The van der Waals surface area contributed by atoms with Crippen LogP contribution in [-0.2, 0) is 0 Å². The molecule has 0 fully saturated rings. The Kier molecular flexibility index (Phi) is 3.88. The number of carbonyl (C=O) groups excluding carboxylic acids is 1. The van der Waals surface area contributed by atoms with E-state index in [0.29, 0.717) is 11.3 Å². The van der Waals surface area contributed by atoms with Crippen molar-refractivity contribution in [1.82, 2.24) is 0 Å². The van der Waals surface area contributed by atoms with Gasteiger partial charge in [-0.05, 0) is 35.4 Å². The van der Waals surface area contributed by atoms with Crippen LogP contribution in [0, 0.1) is 0 Å². The summed E-state index contributed by atoms with van der Waals surface area (Å²) in [6.45, 7) is 0. The van der Waals surface area contributed by atoms with E-state index in [-0.39, 0.29) is 11.7 Å². The zero-order valence-corrected chi connectivity index (χ0v) is 11.9. The summed E-state index contributed by atoms with van der Waals surface area (Å²) in [5.74, 6) is -0.196. The highest BCUT2D eigenvalue weighted by Crippen LogP contribution is 2.23. The lowest BCUT2D eigenvalue weighted by molar-refractivity contribution is 0.102. The monoisotopic (exact) mass is 289 g/mol. The topological polar surface area (TPSA) is 49.3 Å². The second-order valence-electron chi connectivity index (χ2n) is 4.91. The first-order valence-corrected chi connectivity index (χ1v) is 6.99. The van der Waals surface area contributed by atoms with Gasteiger partial charge in [-0.3, -0.25) is 4.79 Å². The lowest BCUT2D eigenvalue weighted by Crippen LogP contribution is -2.11. The molecule has 0 radical (unpaired) electrons. The van der Waals surface area contributed by atoms with Crippen LogP contribution in [0.1, 0.15) is 10.4 Å². The van der Waals surface area contributed by atoms with Gasteiger partial charge >= 0.3 is 0 Å². The number of rotatable bonds is 3. The average Bonchev–Trinajstić information content (AvgIpc) is 2.58. The predicted molar refractivity (Wildman–Crippen MR) is 87.9 cm³/mol. The van der Waals surface area contributed by atoms with Crippen molar-refractivity contribution in [2.45, 2.75) is 0 Å². The highest BCUT2D eigenvalue weighted by Gasteiger charge is 2.08. The Bertz CT molecular complexity index is 780. The summed E-state index contributed by atoms with van der Waals surface area (Å²) < 4.78 is 0. The van der Waals surface area contributed by atoms with Gasteiger partial charge < -0.3 is 10.4 Å². The van der Waals surface area contributed by atoms with Crippen LogP contribution in [-0.4, -0.2) is 11.0 Å². The molecule has 0 bridgehead atoms. The van der Waals surface area contributed by atoms with Crippen molar-refractivity contribution in [1.29, 1.82) is 0 Å². The van der Waals surface area contributed by atoms with Crippen molar-refractivity contribution in [3.8, 4) is 16.9 Å². The normalized spacial score (nSPS) is 10.2. The lowest BCUT2D eigenvalue weighted by atomic mass is 10.0. The Labute approximate surface area is 128 Å². The van der Waals surface area contributed by atoms with Crippen LogP contribution >= 0.6 is 0 Å². The molecule has 1 amide bonds. The van der Waals surface area contributed by atoms with E-state index < -0.39 is 0 Å². The van der Waals surface area contributed by atoms with E-state index in [1.54, 1.807) is 30.3 Å². The van der Waals surface area contributed by atoms with Crippen LogP contribution in [0.15, 0.2) is 78.9 Å². The third-order valence-corrected chi connectivity index (χ3v) is 3.41. The molecule has 0 atom stereocenters. The van der Waals surface area contributed by atoms with Crippen molar-refractivity contribution in [3.63, 3.8) is 0 Å². The number of carbonyl (C=O) groups is 1. The Morgan fingerprint density at radius 2 is 1.32 bits per heavy atom. The van der Waals surface area contributed by atoms with Gasteiger partial charge in [-0.1, -0.05) is 54.6 Å². The molecule has 2 N–H and O–H groups in total. The quantitative estimate of drug-likeness (QED) is 0.706. The van der Waals surface area contributed by atoms with Crippen molar-refractivity contribution in [2.24, 2.45) is 0 Å². The molecule has 3 rings (SSSR count). The molecular formula is C19H15NO2. The van der Waals surface area contributed by atoms with Crippen LogP contribution in [0.3, 0.4) is 0 Å². The summed E-state index contributed by atoms with van der Waals surface area (Å²) in [6.07, 6.45) is 0. The van der Waals surface area contributed by atoms with Crippen molar-refractivity contribution < 1.29 is 9.90 Å². The third-order valence-electron chi connectivity index (χ3n) is 3.41. The zero-order chi connectivity index (χ0) is 15.4. The molecular weight excluding hydrogens is 274 g/mol. The molecule has 3 heteroatoms. The van der Waals surface area contributed by atoms with Gasteiger partial charge in [0, 0.05) is 5.56 Å². The molecule has 22 heavy (non-hydrogen) atoms. The van der Waals surface area contributed by atoms with Gasteiger partial charge in [0.25, 0.3) is 5.91 Å². The fourth-order valence-electron chi connectivity index (χ4n) is 2.22. The number of aromatic hydroxyl groups is 1. The van der Waals surface area contributed by atoms with Gasteiger partial charge in [0.05, 0.1) is 5.69 Å². The Morgan fingerprint density at radius 1 is 0.727 bits per heavy atom. The number of phenols is 1. The van der Waals surface area contributed by atoms with Gasteiger partial charge in [-0.25, -0.2) is 0 Å². The number of hydrogen-bond acceptors (Lipinski definition) is 2. The minimum Gasteiger partial charge on any atom is -0.506 e. The molecule has 0 aromatic heterocycles. The van der Waals surface area contributed by atoms with Crippen LogP contribution in [0.25, 0.3) is 11.1 Å². The van der Waals surface area contributed by atoms with E-state index in [4.69, 9.17) is 0 Å². The summed E-state index contributed by atoms with van der Waals surface area (Å²) in [5.41, 5.74) is 3.11. The predicted octanol–water partition coefficient (Wildman–Crippen LogP) is 4.31. The van der Waals surface area contributed by atoms with Crippen LogP contribution in [0.2, 0.25) is 0 Å². The number of nitrogens with one attached hydrogen (secondary N) is 1. The molecule has 0 aliphatic carbocycles. The first-order valence-electron chi connectivity index (χ1n) is 6.99. The maximum atomic E-state index is 12.2. The van der Waals surface area contributed by atoms with E-state index >= 15 is 0 Å². The molecule has 0 spiro atoms. The maximum Gasteiger partial charge on any atom is 0.255 e. The number of benzene rings is 3. The average molecular weight is 289 g/mol. The Balaban J connectivity index is 1.78. The number of anilines is 1. The summed E-state index contributed by atoms with van der Waals surface area (Å²) in [4.78, 5) is 12.2. The van der Waals surface area contributed by atoms with Gasteiger partial charge in [0.2, 0.25) is 0 Å². The van der Waals surface area contributed by atoms with Crippen molar-refractivity contribution in [3.05, 3.63) is 84.4 Å². The van der Waals surface area contributed by atoms with Crippen LogP contribution < -0.4 is 5.32 Å². The van der Waals surface area contributed by atoms with E-state index in [1.807, 2.05) is 42.5 Å². The summed E-state index contributed by atoms with van der Waals surface area (Å²) >= 11 is 0. The van der Waals surface area contributed by atoms with Crippen LogP contribution in [0.5, 0.6) is 5.75 Å². The van der Waals surface area contributed by atoms with Gasteiger partial charge in [-0.15, -0.1) is 0 Å². The largest absolute Gasteiger partial charge is 0.506 e. The fourth-order valence-corrected chi connectivity index (χ4v) is 2.22. The third kappa shape index (κ3) is 2.99. The molecule has 0 aliphatic heterocycles. The molecule has 0 saturated carbocycles. The first kappa shape index (κ1) is 13.9. The van der Waals surface area contributed by atoms with E-state index in [1.165, 1.54) is 6.07 Å². The zero-order valence-electron chi connectivity index (χ0n) is 11.9. The Morgan fingerprint density at radius 3 is 2.00 bits per heavy atom. The van der Waals surface area contributed by atoms with Crippen molar-refractivity contribution in [2.75, 3.05) is 5.32 Å².